The Hall–Kier alpha value is -2.66. The van der Waals surface area contributed by atoms with Crippen LogP contribution in [0.5, 0.6) is 11.8 Å². The molecule has 2 N–H and O–H groups in total. The molecule has 0 aliphatic carbocycles. The lowest BCUT2D eigenvalue weighted by Crippen LogP contribution is -1.99. The Bertz CT molecular complexity index is 737. The summed E-state index contributed by atoms with van der Waals surface area (Å²) in [5, 5.41) is 4.31. The van der Waals surface area contributed by atoms with Crippen molar-refractivity contribution in [3.05, 3.63) is 66.0 Å². The van der Waals surface area contributed by atoms with E-state index >= 15 is 0 Å². The predicted molar refractivity (Wildman–Crippen MR) is 80.5 cm³/mol. The summed E-state index contributed by atoms with van der Waals surface area (Å²) in [5.74, 6) is 0.704. The van der Waals surface area contributed by atoms with Gasteiger partial charge in [0.05, 0.1) is 5.69 Å². The molecule has 1 aromatic heterocycles. The molecule has 0 fully saturated rings. The standard InChI is InChI=1S/C16H16N4O/c1-12-9-15(8-7-13(12)10-17)21-16-18-11-20(19-16)14-5-3-2-4-6-14/h2-9,11H,10,17H2,1H3. The summed E-state index contributed by atoms with van der Waals surface area (Å²) in [6.45, 7) is 2.53. The van der Waals surface area contributed by atoms with Crippen LogP contribution >= 0.6 is 0 Å². The molecule has 0 unspecified atom stereocenters. The largest absolute Gasteiger partial charge is 0.423 e. The van der Waals surface area contributed by atoms with Gasteiger partial charge < -0.3 is 10.5 Å². The van der Waals surface area contributed by atoms with Crippen molar-refractivity contribution in [2.45, 2.75) is 13.5 Å². The molecule has 0 spiro atoms. The van der Waals surface area contributed by atoms with Crippen LogP contribution in [0.1, 0.15) is 11.1 Å². The van der Waals surface area contributed by atoms with E-state index in [1.165, 1.54) is 0 Å². The molecule has 0 amide bonds. The number of ether oxygens (including phenoxy) is 1. The summed E-state index contributed by atoms with van der Waals surface area (Å²) in [6, 6.07) is 15.9. The smallest absolute Gasteiger partial charge is 0.341 e. The summed E-state index contributed by atoms with van der Waals surface area (Å²) in [6.07, 6.45) is 1.63. The van der Waals surface area contributed by atoms with Crippen molar-refractivity contribution in [3.8, 4) is 17.4 Å². The third kappa shape index (κ3) is 2.93. The van der Waals surface area contributed by atoms with Crippen molar-refractivity contribution >= 4 is 0 Å². The highest BCUT2D eigenvalue weighted by Crippen LogP contribution is 2.21. The summed E-state index contributed by atoms with van der Waals surface area (Å²) >= 11 is 0. The van der Waals surface area contributed by atoms with E-state index in [1.807, 2.05) is 55.5 Å². The molecule has 0 saturated heterocycles. The van der Waals surface area contributed by atoms with Gasteiger partial charge in [0.25, 0.3) is 0 Å². The van der Waals surface area contributed by atoms with Gasteiger partial charge in [-0.25, -0.2) is 4.68 Å². The van der Waals surface area contributed by atoms with Crippen LogP contribution in [-0.2, 0) is 6.54 Å². The van der Waals surface area contributed by atoms with Gasteiger partial charge in [0.1, 0.15) is 12.1 Å². The lowest BCUT2D eigenvalue weighted by molar-refractivity contribution is 0.441. The molecule has 3 aromatic rings. The minimum absolute atomic E-state index is 0.318. The number of nitrogens with zero attached hydrogens (tertiary/aromatic N) is 3. The van der Waals surface area contributed by atoms with Crippen LogP contribution in [0.3, 0.4) is 0 Å². The van der Waals surface area contributed by atoms with E-state index in [2.05, 4.69) is 10.1 Å². The van der Waals surface area contributed by atoms with E-state index in [4.69, 9.17) is 10.5 Å². The highest BCUT2D eigenvalue weighted by Gasteiger charge is 2.06. The van der Waals surface area contributed by atoms with E-state index in [0.717, 1.165) is 16.8 Å². The fourth-order valence-corrected chi connectivity index (χ4v) is 2.07. The number of nitrogens with two attached hydrogens (primary N) is 1. The van der Waals surface area contributed by atoms with E-state index in [1.54, 1.807) is 11.0 Å². The minimum Gasteiger partial charge on any atom is -0.423 e. The van der Waals surface area contributed by atoms with Gasteiger partial charge in [0.15, 0.2) is 0 Å². The molecule has 0 radical (unpaired) electrons. The van der Waals surface area contributed by atoms with Crippen molar-refractivity contribution in [3.63, 3.8) is 0 Å². The molecule has 1 heterocycles. The van der Waals surface area contributed by atoms with E-state index in [9.17, 15) is 0 Å². The number of aromatic nitrogens is 3. The van der Waals surface area contributed by atoms with Gasteiger partial charge in [-0.2, -0.15) is 4.98 Å². The first-order valence-corrected chi connectivity index (χ1v) is 6.71. The molecule has 0 atom stereocenters. The third-order valence-electron chi connectivity index (χ3n) is 3.23. The lowest BCUT2D eigenvalue weighted by Gasteiger charge is -2.06. The maximum Gasteiger partial charge on any atom is 0.341 e. The monoisotopic (exact) mass is 280 g/mol. The van der Waals surface area contributed by atoms with Crippen molar-refractivity contribution in [2.24, 2.45) is 5.73 Å². The Morgan fingerprint density at radius 2 is 1.95 bits per heavy atom. The fourth-order valence-electron chi connectivity index (χ4n) is 2.07. The first-order chi connectivity index (χ1) is 10.3. The lowest BCUT2D eigenvalue weighted by atomic mass is 10.1. The van der Waals surface area contributed by atoms with E-state index < -0.39 is 0 Å². The first-order valence-electron chi connectivity index (χ1n) is 6.71. The first kappa shape index (κ1) is 13.3. The quantitative estimate of drug-likeness (QED) is 0.798. The number of rotatable bonds is 4. The summed E-state index contributed by atoms with van der Waals surface area (Å²) in [7, 11) is 0. The van der Waals surface area contributed by atoms with Gasteiger partial charge in [-0.05, 0) is 42.3 Å². The molecular formula is C16H16N4O. The maximum absolute atomic E-state index is 5.68. The second kappa shape index (κ2) is 5.76. The van der Waals surface area contributed by atoms with Crippen molar-refractivity contribution in [1.82, 2.24) is 14.8 Å². The molecule has 0 aliphatic heterocycles. The zero-order valence-electron chi connectivity index (χ0n) is 11.7. The molecule has 0 saturated carbocycles. The summed E-state index contributed by atoms with van der Waals surface area (Å²) in [5.41, 5.74) is 8.79. The molecule has 5 heteroatoms. The van der Waals surface area contributed by atoms with E-state index in [-0.39, 0.29) is 0 Å². The maximum atomic E-state index is 5.68. The molecule has 21 heavy (non-hydrogen) atoms. The Kier molecular flexibility index (Phi) is 3.66. The van der Waals surface area contributed by atoms with Crippen molar-refractivity contribution in [1.29, 1.82) is 0 Å². The highest BCUT2D eigenvalue weighted by atomic mass is 16.5. The van der Waals surface area contributed by atoms with Crippen molar-refractivity contribution in [2.75, 3.05) is 0 Å². The average molecular weight is 280 g/mol. The van der Waals surface area contributed by atoms with Crippen LogP contribution in [0.15, 0.2) is 54.9 Å². The van der Waals surface area contributed by atoms with Crippen LogP contribution < -0.4 is 10.5 Å². The van der Waals surface area contributed by atoms with Crippen LogP contribution in [-0.4, -0.2) is 14.8 Å². The molecule has 0 aliphatic rings. The summed E-state index contributed by atoms with van der Waals surface area (Å²) < 4.78 is 7.35. The molecular weight excluding hydrogens is 264 g/mol. The number of aryl methyl sites for hydroxylation is 1. The number of benzene rings is 2. The fraction of sp³-hybridized carbons (Fsp3) is 0.125. The Balaban J connectivity index is 1.80. The van der Waals surface area contributed by atoms with Crippen LogP contribution in [0.2, 0.25) is 0 Å². The number of hydrogen-bond donors (Lipinski definition) is 1. The zero-order valence-corrected chi connectivity index (χ0v) is 11.7. The van der Waals surface area contributed by atoms with Gasteiger partial charge in [-0.15, -0.1) is 5.10 Å². The van der Waals surface area contributed by atoms with Crippen molar-refractivity contribution < 1.29 is 4.74 Å². The number of para-hydroxylation sites is 1. The van der Waals surface area contributed by atoms with Crippen LogP contribution in [0.25, 0.3) is 5.69 Å². The van der Waals surface area contributed by atoms with Crippen LogP contribution in [0, 0.1) is 6.92 Å². The van der Waals surface area contributed by atoms with Gasteiger partial charge in [-0.1, -0.05) is 24.3 Å². The number of hydrogen-bond acceptors (Lipinski definition) is 4. The predicted octanol–water partition coefficient (Wildman–Crippen LogP) is 2.83. The zero-order chi connectivity index (χ0) is 14.7. The van der Waals surface area contributed by atoms with Gasteiger partial charge in [-0.3, -0.25) is 0 Å². The SMILES string of the molecule is Cc1cc(Oc2ncn(-c3ccccc3)n2)ccc1CN. The van der Waals surface area contributed by atoms with E-state index in [0.29, 0.717) is 18.3 Å². The molecule has 0 bridgehead atoms. The second-order valence-electron chi connectivity index (χ2n) is 4.70. The molecule has 106 valence electrons. The highest BCUT2D eigenvalue weighted by molar-refractivity contribution is 5.36. The minimum atomic E-state index is 0.318. The Labute approximate surface area is 123 Å². The normalized spacial score (nSPS) is 10.6. The van der Waals surface area contributed by atoms with Gasteiger partial charge in [0.2, 0.25) is 0 Å². The molecule has 2 aromatic carbocycles. The Morgan fingerprint density at radius 3 is 2.67 bits per heavy atom. The Morgan fingerprint density at radius 1 is 1.14 bits per heavy atom. The molecule has 5 nitrogen and oxygen atoms in total. The molecule has 3 rings (SSSR count). The van der Waals surface area contributed by atoms with Gasteiger partial charge in [0, 0.05) is 6.54 Å². The van der Waals surface area contributed by atoms with Gasteiger partial charge >= 0.3 is 6.01 Å². The second-order valence-corrected chi connectivity index (χ2v) is 4.70. The average Bonchev–Trinajstić information content (AvgIpc) is 2.97. The topological polar surface area (TPSA) is 66.0 Å². The van der Waals surface area contributed by atoms with Crippen LogP contribution in [0.4, 0.5) is 0 Å². The summed E-state index contributed by atoms with van der Waals surface area (Å²) in [4.78, 5) is 4.17. The third-order valence-corrected chi connectivity index (χ3v) is 3.23.